The third-order valence-electron chi connectivity index (χ3n) is 7.46. The zero-order valence-corrected chi connectivity index (χ0v) is 26.3. The van der Waals surface area contributed by atoms with Gasteiger partial charge in [-0.25, -0.2) is 0 Å². The number of halogens is 1. The highest BCUT2D eigenvalue weighted by molar-refractivity contribution is 6.07. The molecule has 1 heterocycles. The summed E-state index contributed by atoms with van der Waals surface area (Å²) in [5.41, 5.74) is 3.19. The number of pyridine rings is 1. The van der Waals surface area contributed by atoms with Crippen LogP contribution in [0.3, 0.4) is 0 Å². The molecule has 0 aliphatic rings. The Morgan fingerprint density at radius 3 is 2.23 bits per heavy atom. The van der Waals surface area contributed by atoms with Gasteiger partial charge in [0.2, 0.25) is 5.43 Å². The molecule has 1 atom stereocenters. The molecule has 4 aromatic rings. The first-order valence-corrected chi connectivity index (χ1v) is 14.3. The number of nitrogens with zero attached hydrogens (tertiary/aromatic N) is 1. The number of aliphatic carboxylic acids is 1. The monoisotopic (exact) mass is 605 g/mol. The zero-order valence-electron chi connectivity index (χ0n) is 25.5. The fourth-order valence-corrected chi connectivity index (χ4v) is 5.33. The Hall–Kier alpha value is -4.14. The van der Waals surface area contributed by atoms with Gasteiger partial charge in [0.25, 0.3) is 5.91 Å². The number of benzene rings is 3. The minimum absolute atomic E-state index is 0. The SMILES string of the molecule is CCOc1ccc(-c2cc(C(C)(C)C)c(C(C(=O)O)N(CC)CC)cc2NC(=O)c2c[nH]c3ccccc3c2=O)cc1.Cl. The molecule has 0 bridgehead atoms. The molecule has 3 aromatic carbocycles. The molecule has 0 aliphatic heterocycles. The molecular formula is C34H40ClN3O5. The van der Waals surface area contributed by atoms with E-state index in [9.17, 15) is 19.5 Å². The van der Waals surface area contributed by atoms with Gasteiger partial charge in [0.15, 0.2) is 0 Å². The lowest BCUT2D eigenvalue weighted by Crippen LogP contribution is -2.35. The number of aromatic nitrogens is 1. The number of carbonyl (C=O) groups is 2. The molecule has 1 amide bonds. The first-order valence-electron chi connectivity index (χ1n) is 14.3. The van der Waals surface area contributed by atoms with E-state index in [1.54, 1.807) is 24.3 Å². The molecule has 0 spiro atoms. The maximum atomic E-state index is 13.7. The summed E-state index contributed by atoms with van der Waals surface area (Å²) in [6, 6.07) is 17.3. The van der Waals surface area contributed by atoms with Crippen LogP contribution in [0, 0.1) is 0 Å². The number of ether oxygens (including phenoxy) is 1. The standard InChI is InChI=1S/C34H39N3O5.ClH/c1-7-37(8-2)30(33(40)41)25-19-29(36-32(39)26-20-35-28-13-11-10-12-23(28)31(26)38)24(18-27(25)34(4,5)6)21-14-16-22(17-15-21)42-9-3;/h10-20,30H,7-9H2,1-6H3,(H,35,38)(H,36,39)(H,40,41);1H. The molecule has 9 heteroatoms. The first-order chi connectivity index (χ1) is 20.0. The molecule has 0 radical (unpaired) electrons. The van der Waals surface area contributed by atoms with Gasteiger partial charge in [-0.05, 0) is 78.5 Å². The van der Waals surface area contributed by atoms with Crippen molar-refractivity contribution >= 4 is 40.9 Å². The van der Waals surface area contributed by atoms with E-state index in [1.165, 1.54) is 6.20 Å². The van der Waals surface area contributed by atoms with Crippen LogP contribution in [-0.2, 0) is 10.2 Å². The number of hydrogen-bond donors (Lipinski definition) is 3. The van der Waals surface area contributed by atoms with Gasteiger partial charge in [-0.1, -0.05) is 58.9 Å². The molecule has 228 valence electrons. The highest BCUT2D eigenvalue weighted by atomic mass is 35.5. The van der Waals surface area contributed by atoms with E-state index >= 15 is 0 Å². The summed E-state index contributed by atoms with van der Waals surface area (Å²) in [4.78, 5) is 44.6. The number of carboxylic acid groups (broad SMARTS) is 1. The van der Waals surface area contributed by atoms with Gasteiger partial charge < -0.3 is 20.1 Å². The Labute approximate surface area is 258 Å². The van der Waals surface area contributed by atoms with Gasteiger partial charge in [0.05, 0.1) is 6.61 Å². The predicted octanol–water partition coefficient (Wildman–Crippen LogP) is 7.03. The normalized spacial score (nSPS) is 12.1. The summed E-state index contributed by atoms with van der Waals surface area (Å²) in [5, 5.41) is 13.8. The number of para-hydroxylation sites is 1. The second-order valence-corrected chi connectivity index (χ2v) is 11.2. The Balaban J connectivity index is 0.00000506. The molecular weight excluding hydrogens is 566 g/mol. The van der Waals surface area contributed by atoms with Gasteiger partial charge in [0.1, 0.15) is 17.4 Å². The number of anilines is 1. The summed E-state index contributed by atoms with van der Waals surface area (Å²) in [7, 11) is 0. The van der Waals surface area contributed by atoms with E-state index in [2.05, 4.69) is 10.3 Å². The quantitative estimate of drug-likeness (QED) is 0.179. The summed E-state index contributed by atoms with van der Waals surface area (Å²) < 4.78 is 5.62. The lowest BCUT2D eigenvalue weighted by molar-refractivity contribution is -0.143. The van der Waals surface area contributed by atoms with Gasteiger partial charge >= 0.3 is 5.97 Å². The minimum atomic E-state index is -0.971. The Morgan fingerprint density at radius 1 is 1.00 bits per heavy atom. The van der Waals surface area contributed by atoms with Crippen LogP contribution in [0.5, 0.6) is 5.75 Å². The minimum Gasteiger partial charge on any atom is -0.494 e. The van der Waals surface area contributed by atoms with E-state index < -0.39 is 23.3 Å². The first kappa shape index (κ1) is 33.4. The van der Waals surface area contributed by atoms with Crippen molar-refractivity contribution in [1.29, 1.82) is 0 Å². The van der Waals surface area contributed by atoms with Crippen LogP contribution in [0.25, 0.3) is 22.0 Å². The molecule has 0 saturated heterocycles. The average molecular weight is 606 g/mol. The predicted molar refractivity (Wildman–Crippen MR) is 175 cm³/mol. The van der Waals surface area contributed by atoms with Crippen LogP contribution >= 0.6 is 12.4 Å². The third-order valence-corrected chi connectivity index (χ3v) is 7.46. The van der Waals surface area contributed by atoms with E-state index in [4.69, 9.17) is 4.74 Å². The maximum Gasteiger partial charge on any atom is 0.325 e. The molecule has 3 N–H and O–H groups in total. The van der Waals surface area contributed by atoms with Crippen molar-refractivity contribution in [2.24, 2.45) is 0 Å². The number of likely N-dealkylation sites (N-methyl/N-ethyl adjacent to an activating group) is 1. The Morgan fingerprint density at radius 2 is 1.65 bits per heavy atom. The van der Waals surface area contributed by atoms with E-state index in [0.717, 1.165) is 16.9 Å². The molecule has 43 heavy (non-hydrogen) atoms. The average Bonchev–Trinajstić information content (AvgIpc) is 2.96. The Kier molecular flexibility index (Phi) is 10.8. The number of amides is 1. The third kappa shape index (κ3) is 7.09. The maximum absolute atomic E-state index is 13.7. The van der Waals surface area contributed by atoms with Crippen molar-refractivity contribution < 1.29 is 19.4 Å². The lowest BCUT2D eigenvalue weighted by Gasteiger charge is -2.33. The molecule has 0 fully saturated rings. The summed E-state index contributed by atoms with van der Waals surface area (Å²) in [5.74, 6) is -0.839. The highest BCUT2D eigenvalue weighted by Crippen LogP contribution is 2.40. The molecule has 4 rings (SSSR count). The number of hydrogen-bond acceptors (Lipinski definition) is 5. The van der Waals surface area contributed by atoms with Crippen LogP contribution in [0.4, 0.5) is 5.69 Å². The molecule has 1 unspecified atom stereocenters. The summed E-state index contributed by atoms with van der Waals surface area (Å²) >= 11 is 0. The van der Waals surface area contributed by atoms with Crippen LogP contribution in [0.1, 0.15) is 69.1 Å². The highest BCUT2D eigenvalue weighted by Gasteiger charge is 2.33. The molecule has 0 aliphatic carbocycles. The summed E-state index contributed by atoms with van der Waals surface area (Å²) in [6.07, 6.45) is 1.41. The van der Waals surface area contributed by atoms with Crippen molar-refractivity contribution in [3.8, 4) is 16.9 Å². The number of aromatic amines is 1. The topological polar surface area (TPSA) is 112 Å². The van der Waals surface area contributed by atoms with E-state index in [0.29, 0.717) is 47.4 Å². The van der Waals surface area contributed by atoms with E-state index in [1.807, 2.05) is 82.8 Å². The van der Waals surface area contributed by atoms with Gasteiger partial charge in [-0.3, -0.25) is 19.3 Å². The second-order valence-electron chi connectivity index (χ2n) is 11.2. The number of H-pyrrole nitrogens is 1. The number of rotatable bonds is 10. The lowest BCUT2D eigenvalue weighted by atomic mass is 9.79. The van der Waals surface area contributed by atoms with Gasteiger partial charge in [-0.2, -0.15) is 0 Å². The van der Waals surface area contributed by atoms with Crippen molar-refractivity contribution in [3.63, 3.8) is 0 Å². The summed E-state index contributed by atoms with van der Waals surface area (Å²) in [6.45, 7) is 13.5. The molecule has 0 saturated carbocycles. The number of nitrogens with one attached hydrogen (secondary N) is 2. The van der Waals surface area contributed by atoms with Crippen molar-refractivity contribution in [2.75, 3.05) is 25.0 Å². The largest absolute Gasteiger partial charge is 0.494 e. The Bertz CT molecular complexity index is 1650. The smallest absolute Gasteiger partial charge is 0.325 e. The van der Waals surface area contributed by atoms with Crippen LogP contribution < -0.4 is 15.5 Å². The van der Waals surface area contributed by atoms with E-state index in [-0.39, 0.29) is 23.4 Å². The molecule has 8 nitrogen and oxygen atoms in total. The van der Waals surface area contributed by atoms with Crippen molar-refractivity contribution in [1.82, 2.24) is 9.88 Å². The van der Waals surface area contributed by atoms with Gasteiger partial charge in [0, 0.05) is 28.4 Å². The second kappa shape index (κ2) is 13.9. The van der Waals surface area contributed by atoms with Crippen molar-refractivity contribution in [2.45, 2.75) is 53.0 Å². The number of fused-ring (bicyclic) bond motifs is 1. The molecule has 1 aromatic heterocycles. The van der Waals surface area contributed by atoms with Crippen LogP contribution in [0.15, 0.2) is 71.7 Å². The zero-order chi connectivity index (χ0) is 30.6. The van der Waals surface area contributed by atoms with Crippen LogP contribution in [0.2, 0.25) is 0 Å². The fraction of sp³-hybridized carbons (Fsp3) is 0.324. The van der Waals surface area contributed by atoms with Crippen molar-refractivity contribution in [3.05, 3.63) is 93.8 Å². The van der Waals surface area contributed by atoms with Crippen LogP contribution in [-0.4, -0.2) is 46.6 Å². The van der Waals surface area contributed by atoms with Gasteiger partial charge in [-0.15, -0.1) is 12.4 Å². The fourth-order valence-electron chi connectivity index (χ4n) is 5.33. The number of carboxylic acids is 1. The number of carbonyl (C=O) groups excluding carboxylic acids is 1.